The second kappa shape index (κ2) is 5.17. The maximum Gasteiger partial charge on any atom is 0.231 e. The number of fused-ring (bicyclic) bond motifs is 6. The minimum Gasteiger partial charge on any atom is -0.454 e. The van der Waals surface area contributed by atoms with Crippen LogP contribution < -0.4 is 9.47 Å². The third-order valence-electron chi connectivity index (χ3n) is 5.26. The van der Waals surface area contributed by atoms with E-state index in [9.17, 15) is 0 Å². The first-order valence-corrected chi connectivity index (χ1v) is 9.63. The second-order valence-electron chi connectivity index (χ2n) is 7.05. The molecule has 0 saturated carbocycles. The maximum absolute atomic E-state index is 5.48. The highest BCUT2D eigenvalue weighted by Gasteiger charge is 2.24. The molecule has 1 unspecified atom stereocenters. The van der Waals surface area contributed by atoms with Gasteiger partial charge < -0.3 is 9.47 Å². The van der Waals surface area contributed by atoms with E-state index in [4.69, 9.17) is 14.5 Å². The Kier molecular flexibility index (Phi) is 2.88. The molecule has 1 aromatic carbocycles. The summed E-state index contributed by atoms with van der Waals surface area (Å²) >= 11 is 1.81. The summed E-state index contributed by atoms with van der Waals surface area (Å²) in [6.45, 7) is 2.59. The van der Waals surface area contributed by atoms with Crippen LogP contribution in [0.15, 0.2) is 24.5 Å². The molecule has 6 rings (SSSR count). The fraction of sp³-hybridized carbons (Fsp3) is 0.316. The van der Waals surface area contributed by atoms with Gasteiger partial charge in [0.25, 0.3) is 0 Å². The summed E-state index contributed by atoms with van der Waals surface area (Å²) in [5, 5.41) is 5.83. The van der Waals surface area contributed by atoms with Crippen molar-refractivity contribution in [3.63, 3.8) is 0 Å². The van der Waals surface area contributed by atoms with Gasteiger partial charge in [0.15, 0.2) is 23.0 Å². The Morgan fingerprint density at radius 1 is 1.23 bits per heavy atom. The minimum absolute atomic E-state index is 0.265. The van der Waals surface area contributed by atoms with E-state index in [2.05, 4.69) is 17.0 Å². The molecule has 0 radical (unpaired) electrons. The summed E-state index contributed by atoms with van der Waals surface area (Å²) in [5.74, 6) is 2.93. The van der Waals surface area contributed by atoms with E-state index >= 15 is 0 Å². The van der Waals surface area contributed by atoms with Crippen molar-refractivity contribution in [2.75, 3.05) is 6.79 Å². The van der Waals surface area contributed by atoms with Gasteiger partial charge in [0, 0.05) is 10.4 Å². The van der Waals surface area contributed by atoms with E-state index < -0.39 is 0 Å². The normalized spacial score (nSPS) is 18.6. The molecule has 3 aromatic heterocycles. The number of hydrogen-bond donors (Lipinski definition) is 0. The monoisotopic (exact) mass is 364 g/mol. The van der Waals surface area contributed by atoms with Gasteiger partial charge in [-0.1, -0.05) is 6.92 Å². The Bertz CT molecular complexity index is 1180. The number of nitrogens with zero attached hydrogens (tertiary/aromatic N) is 4. The van der Waals surface area contributed by atoms with Crippen LogP contribution in [0.5, 0.6) is 11.5 Å². The summed E-state index contributed by atoms with van der Waals surface area (Å²) in [4.78, 5) is 12.0. The summed E-state index contributed by atoms with van der Waals surface area (Å²) in [7, 11) is 0. The van der Waals surface area contributed by atoms with Gasteiger partial charge in [0.05, 0.1) is 5.39 Å². The van der Waals surface area contributed by atoms with Gasteiger partial charge in [0.1, 0.15) is 11.2 Å². The molecule has 4 aromatic rings. The fourth-order valence-electron chi connectivity index (χ4n) is 3.90. The van der Waals surface area contributed by atoms with E-state index in [1.54, 1.807) is 10.8 Å². The van der Waals surface area contributed by atoms with E-state index in [-0.39, 0.29) is 6.79 Å². The molecule has 130 valence electrons. The lowest BCUT2D eigenvalue weighted by Crippen LogP contribution is -2.08. The SMILES string of the molecule is CC1CCc2c(sc3ncn4nc(-c5ccc6c(c5)OCO6)nc4c23)C1. The highest BCUT2D eigenvalue weighted by atomic mass is 32.1. The molecule has 0 fully saturated rings. The number of ether oxygens (including phenoxy) is 2. The lowest BCUT2D eigenvalue weighted by atomic mass is 9.89. The van der Waals surface area contributed by atoms with Gasteiger partial charge in [-0.25, -0.2) is 14.5 Å². The van der Waals surface area contributed by atoms with Crippen LogP contribution >= 0.6 is 11.3 Å². The summed E-state index contributed by atoms with van der Waals surface area (Å²) in [6, 6.07) is 5.81. The average Bonchev–Trinajstić information content (AvgIpc) is 3.35. The van der Waals surface area contributed by atoms with Gasteiger partial charge in [-0.05, 0) is 48.9 Å². The van der Waals surface area contributed by atoms with E-state index in [1.807, 2.05) is 29.5 Å². The lowest BCUT2D eigenvalue weighted by Gasteiger charge is -2.17. The number of rotatable bonds is 1. The highest BCUT2D eigenvalue weighted by molar-refractivity contribution is 7.19. The first kappa shape index (κ1) is 14.5. The minimum atomic E-state index is 0.265. The van der Waals surface area contributed by atoms with Crippen molar-refractivity contribution >= 4 is 27.2 Å². The molecule has 6 nitrogen and oxygen atoms in total. The summed E-state index contributed by atoms with van der Waals surface area (Å²) in [6.07, 6.45) is 5.24. The van der Waals surface area contributed by atoms with Gasteiger partial charge in [-0.3, -0.25) is 0 Å². The molecule has 0 N–H and O–H groups in total. The number of benzene rings is 1. The van der Waals surface area contributed by atoms with Crippen LogP contribution in [0.25, 0.3) is 27.3 Å². The first-order valence-electron chi connectivity index (χ1n) is 8.82. The predicted octanol–water partition coefficient (Wildman–Crippen LogP) is 3.86. The van der Waals surface area contributed by atoms with Crippen molar-refractivity contribution in [3.8, 4) is 22.9 Å². The van der Waals surface area contributed by atoms with Gasteiger partial charge in [-0.2, -0.15) is 0 Å². The van der Waals surface area contributed by atoms with Gasteiger partial charge in [0.2, 0.25) is 6.79 Å². The van der Waals surface area contributed by atoms with E-state index in [1.165, 1.54) is 22.2 Å². The van der Waals surface area contributed by atoms with Crippen LogP contribution in [0.2, 0.25) is 0 Å². The molecule has 0 spiro atoms. The van der Waals surface area contributed by atoms with Crippen molar-refractivity contribution < 1.29 is 9.47 Å². The molecule has 0 saturated heterocycles. The van der Waals surface area contributed by atoms with Gasteiger partial charge >= 0.3 is 0 Å². The smallest absolute Gasteiger partial charge is 0.231 e. The molecule has 1 aliphatic heterocycles. The van der Waals surface area contributed by atoms with Crippen molar-refractivity contribution in [2.24, 2.45) is 5.92 Å². The van der Waals surface area contributed by atoms with Crippen LogP contribution in [0.3, 0.4) is 0 Å². The highest BCUT2D eigenvalue weighted by Crippen LogP contribution is 2.39. The third-order valence-corrected chi connectivity index (χ3v) is 6.43. The van der Waals surface area contributed by atoms with Crippen LogP contribution in [-0.2, 0) is 12.8 Å². The van der Waals surface area contributed by atoms with Crippen molar-refractivity contribution in [3.05, 3.63) is 35.0 Å². The largest absolute Gasteiger partial charge is 0.454 e. The molecule has 1 atom stereocenters. The Morgan fingerprint density at radius 2 is 2.15 bits per heavy atom. The van der Waals surface area contributed by atoms with Crippen LogP contribution in [-0.4, -0.2) is 26.4 Å². The quantitative estimate of drug-likeness (QED) is 0.513. The van der Waals surface area contributed by atoms with Crippen LogP contribution in [0.1, 0.15) is 23.8 Å². The molecule has 26 heavy (non-hydrogen) atoms. The Morgan fingerprint density at radius 3 is 3.12 bits per heavy atom. The maximum atomic E-state index is 5.48. The molecular formula is C19H16N4O2S. The van der Waals surface area contributed by atoms with Gasteiger partial charge in [-0.15, -0.1) is 16.4 Å². The molecule has 1 aliphatic carbocycles. The first-order chi connectivity index (χ1) is 12.8. The molecule has 2 aliphatic rings. The Labute approximate surface area is 153 Å². The van der Waals surface area contributed by atoms with E-state index in [0.29, 0.717) is 5.82 Å². The Hall–Kier alpha value is -2.67. The van der Waals surface area contributed by atoms with Crippen LogP contribution in [0.4, 0.5) is 0 Å². The van der Waals surface area contributed by atoms with Crippen molar-refractivity contribution in [2.45, 2.75) is 26.2 Å². The Balaban J connectivity index is 1.55. The summed E-state index contributed by atoms with van der Waals surface area (Å²) in [5.41, 5.74) is 3.24. The molecule has 0 amide bonds. The topological polar surface area (TPSA) is 61.5 Å². The molecule has 4 heterocycles. The lowest BCUT2D eigenvalue weighted by molar-refractivity contribution is 0.174. The molecular weight excluding hydrogens is 348 g/mol. The van der Waals surface area contributed by atoms with E-state index in [0.717, 1.165) is 46.3 Å². The zero-order valence-electron chi connectivity index (χ0n) is 14.2. The van der Waals surface area contributed by atoms with Crippen molar-refractivity contribution in [1.29, 1.82) is 0 Å². The average molecular weight is 364 g/mol. The number of aromatic nitrogens is 4. The second-order valence-corrected chi connectivity index (χ2v) is 8.13. The molecule has 7 heteroatoms. The van der Waals surface area contributed by atoms with Crippen LogP contribution in [0, 0.1) is 5.92 Å². The number of aryl methyl sites for hydroxylation is 1. The number of hydrogen-bond acceptors (Lipinski definition) is 6. The number of thiophene rings is 1. The fourth-order valence-corrected chi connectivity index (χ4v) is 5.24. The standard InChI is InChI=1S/C19H16N4O2S/c1-10-2-4-12-15(6-10)26-19-16(12)18-21-17(22-23(18)8-20-19)11-3-5-13-14(7-11)25-9-24-13/h3,5,7-8,10H,2,4,6,9H2,1H3. The zero-order chi connectivity index (χ0) is 17.3. The summed E-state index contributed by atoms with van der Waals surface area (Å²) < 4.78 is 12.7. The molecule has 0 bridgehead atoms. The zero-order valence-corrected chi connectivity index (χ0v) is 15.0. The predicted molar refractivity (Wildman–Crippen MR) is 98.9 cm³/mol. The third kappa shape index (κ3) is 2.00. The van der Waals surface area contributed by atoms with Crippen molar-refractivity contribution in [1.82, 2.24) is 19.6 Å².